The lowest BCUT2D eigenvalue weighted by atomic mass is 9.96. The smallest absolute Gasteiger partial charge is 0.207 e. The zero-order chi connectivity index (χ0) is 12.7. The summed E-state index contributed by atoms with van der Waals surface area (Å²) < 4.78 is 1.56. The molecule has 4 nitrogen and oxygen atoms in total. The summed E-state index contributed by atoms with van der Waals surface area (Å²) in [5, 5.41) is 4.19. The summed E-state index contributed by atoms with van der Waals surface area (Å²) in [5.41, 5.74) is 1.89. The Bertz CT molecular complexity index is 681. The molecular weight excluding hydrogens is 228 g/mol. The summed E-state index contributed by atoms with van der Waals surface area (Å²) >= 11 is 0. The molecular formula is C14H10N2O2. The SMILES string of the molecule is CC1=CC(=O)c2nn(-c3ccccc3)cc2C1=O. The second-order valence-electron chi connectivity index (χ2n) is 4.19. The van der Waals surface area contributed by atoms with E-state index in [1.54, 1.807) is 17.8 Å². The van der Waals surface area contributed by atoms with Gasteiger partial charge < -0.3 is 0 Å². The molecule has 1 aromatic heterocycles. The first-order valence-electron chi connectivity index (χ1n) is 5.59. The van der Waals surface area contributed by atoms with Crippen LogP contribution in [0.25, 0.3) is 5.69 Å². The molecule has 0 spiro atoms. The van der Waals surface area contributed by atoms with E-state index in [2.05, 4.69) is 5.10 Å². The van der Waals surface area contributed by atoms with Gasteiger partial charge in [0, 0.05) is 11.8 Å². The third-order valence-electron chi connectivity index (χ3n) is 2.92. The number of para-hydroxylation sites is 1. The molecule has 1 aliphatic carbocycles. The van der Waals surface area contributed by atoms with Gasteiger partial charge in [-0.1, -0.05) is 18.2 Å². The Balaban J connectivity index is 2.15. The second kappa shape index (κ2) is 3.77. The Hall–Kier alpha value is -2.49. The Morgan fingerprint density at radius 3 is 2.56 bits per heavy atom. The molecule has 1 aromatic carbocycles. The lowest BCUT2D eigenvalue weighted by molar-refractivity contribution is 0.0982. The molecule has 0 aliphatic heterocycles. The van der Waals surface area contributed by atoms with E-state index in [4.69, 9.17) is 0 Å². The van der Waals surface area contributed by atoms with Gasteiger partial charge in [-0.2, -0.15) is 5.10 Å². The number of aromatic nitrogens is 2. The van der Waals surface area contributed by atoms with Gasteiger partial charge >= 0.3 is 0 Å². The van der Waals surface area contributed by atoms with Crippen molar-refractivity contribution in [3.05, 3.63) is 59.4 Å². The first-order valence-corrected chi connectivity index (χ1v) is 5.59. The van der Waals surface area contributed by atoms with E-state index >= 15 is 0 Å². The molecule has 1 aliphatic rings. The van der Waals surface area contributed by atoms with Gasteiger partial charge in [0.15, 0.2) is 5.78 Å². The number of hydrogen-bond acceptors (Lipinski definition) is 3. The maximum absolute atomic E-state index is 11.9. The third-order valence-corrected chi connectivity index (χ3v) is 2.92. The first kappa shape index (κ1) is 10.7. The molecule has 0 saturated carbocycles. The minimum absolute atomic E-state index is 0.133. The molecule has 0 fully saturated rings. The number of ketones is 2. The van der Waals surface area contributed by atoms with Crippen molar-refractivity contribution in [2.45, 2.75) is 6.92 Å². The number of benzene rings is 1. The van der Waals surface area contributed by atoms with Crippen LogP contribution in [0.1, 0.15) is 27.8 Å². The topological polar surface area (TPSA) is 52.0 Å². The average molecular weight is 238 g/mol. The van der Waals surface area contributed by atoms with Gasteiger partial charge in [-0.25, -0.2) is 4.68 Å². The highest BCUT2D eigenvalue weighted by Gasteiger charge is 2.27. The third kappa shape index (κ3) is 1.50. The van der Waals surface area contributed by atoms with Crippen molar-refractivity contribution in [2.24, 2.45) is 0 Å². The summed E-state index contributed by atoms with van der Waals surface area (Å²) in [6.45, 7) is 1.64. The van der Waals surface area contributed by atoms with Crippen molar-refractivity contribution < 1.29 is 9.59 Å². The minimum atomic E-state index is -0.211. The lowest BCUT2D eigenvalue weighted by Gasteiger charge is -2.04. The molecule has 1 heterocycles. The molecule has 0 radical (unpaired) electrons. The van der Waals surface area contributed by atoms with Crippen LogP contribution in [0.3, 0.4) is 0 Å². The Morgan fingerprint density at radius 2 is 1.83 bits per heavy atom. The second-order valence-corrected chi connectivity index (χ2v) is 4.19. The summed E-state index contributed by atoms with van der Waals surface area (Å²) in [4.78, 5) is 23.7. The van der Waals surface area contributed by atoms with E-state index in [-0.39, 0.29) is 17.3 Å². The molecule has 3 rings (SSSR count). The minimum Gasteiger partial charge on any atom is -0.289 e. The van der Waals surface area contributed by atoms with Crippen LogP contribution in [-0.4, -0.2) is 21.3 Å². The quantitative estimate of drug-likeness (QED) is 0.765. The highest BCUT2D eigenvalue weighted by Crippen LogP contribution is 2.21. The maximum Gasteiger partial charge on any atom is 0.207 e. The summed E-state index contributed by atoms with van der Waals surface area (Å²) in [6.07, 6.45) is 2.95. The summed E-state index contributed by atoms with van der Waals surface area (Å²) in [6, 6.07) is 9.39. The van der Waals surface area contributed by atoms with Crippen molar-refractivity contribution >= 4 is 11.6 Å². The normalized spacial score (nSPS) is 14.4. The number of nitrogens with zero attached hydrogens (tertiary/aromatic N) is 2. The van der Waals surface area contributed by atoms with Gasteiger partial charge in [-0.15, -0.1) is 0 Å². The average Bonchev–Trinajstić information content (AvgIpc) is 2.83. The first-order chi connectivity index (χ1) is 8.66. The molecule has 0 N–H and O–H groups in total. The fraction of sp³-hybridized carbons (Fsp3) is 0.0714. The Morgan fingerprint density at radius 1 is 1.11 bits per heavy atom. The van der Waals surface area contributed by atoms with Crippen molar-refractivity contribution in [3.8, 4) is 5.69 Å². The van der Waals surface area contributed by atoms with Crippen LogP contribution in [0.5, 0.6) is 0 Å². The molecule has 2 aromatic rings. The van der Waals surface area contributed by atoms with E-state index in [1.807, 2.05) is 30.3 Å². The number of hydrogen-bond donors (Lipinski definition) is 0. The van der Waals surface area contributed by atoms with E-state index < -0.39 is 0 Å². The van der Waals surface area contributed by atoms with Gasteiger partial charge in [0.25, 0.3) is 0 Å². The maximum atomic E-state index is 11.9. The molecule has 0 saturated heterocycles. The van der Waals surface area contributed by atoms with Crippen molar-refractivity contribution in [2.75, 3.05) is 0 Å². The molecule has 18 heavy (non-hydrogen) atoms. The predicted molar refractivity (Wildman–Crippen MR) is 66.0 cm³/mol. The van der Waals surface area contributed by atoms with E-state index in [0.29, 0.717) is 11.1 Å². The Labute approximate surface area is 104 Å². The van der Waals surface area contributed by atoms with Crippen LogP contribution in [0, 0.1) is 0 Å². The number of Topliss-reactive ketones (excluding diaryl/α,β-unsaturated/α-hetero) is 1. The fourth-order valence-corrected chi connectivity index (χ4v) is 1.98. The zero-order valence-electron chi connectivity index (χ0n) is 9.75. The van der Waals surface area contributed by atoms with Crippen molar-refractivity contribution in [1.29, 1.82) is 0 Å². The largest absolute Gasteiger partial charge is 0.289 e. The molecule has 0 bridgehead atoms. The van der Waals surface area contributed by atoms with Gasteiger partial charge in [0.2, 0.25) is 5.78 Å². The van der Waals surface area contributed by atoms with Crippen LogP contribution in [0.2, 0.25) is 0 Å². The highest BCUT2D eigenvalue weighted by atomic mass is 16.1. The monoisotopic (exact) mass is 238 g/mol. The van der Waals surface area contributed by atoms with Crippen LogP contribution < -0.4 is 0 Å². The molecule has 0 unspecified atom stereocenters. The van der Waals surface area contributed by atoms with E-state index in [9.17, 15) is 9.59 Å². The standard InChI is InChI=1S/C14H10N2O2/c1-9-7-12(17)13-11(14(9)18)8-16(15-13)10-5-3-2-4-6-10/h2-8H,1H3. The number of carbonyl (C=O) groups excluding carboxylic acids is 2. The summed E-state index contributed by atoms with van der Waals surface area (Å²) in [5.74, 6) is -0.344. The number of carbonyl (C=O) groups is 2. The molecule has 0 amide bonds. The van der Waals surface area contributed by atoms with E-state index in [0.717, 1.165) is 5.69 Å². The molecule has 0 atom stereocenters. The van der Waals surface area contributed by atoms with Gasteiger partial charge in [0.05, 0.1) is 11.3 Å². The van der Waals surface area contributed by atoms with Crippen molar-refractivity contribution in [1.82, 2.24) is 9.78 Å². The molecule has 4 heteroatoms. The summed E-state index contributed by atoms with van der Waals surface area (Å²) in [7, 11) is 0. The van der Waals surface area contributed by atoms with Crippen LogP contribution in [0.15, 0.2) is 48.2 Å². The fourth-order valence-electron chi connectivity index (χ4n) is 1.98. The van der Waals surface area contributed by atoms with E-state index in [1.165, 1.54) is 6.08 Å². The van der Waals surface area contributed by atoms with Gasteiger partial charge in [0.1, 0.15) is 5.69 Å². The predicted octanol–water partition coefficient (Wildman–Crippen LogP) is 2.20. The molecule has 88 valence electrons. The number of rotatable bonds is 1. The van der Waals surface area contributed by atoms with Gasteiger partial charge in [-0.05, 0) is 25.1 Å². The zero-order valence-corrected chi connectivity index (χ0v) is 9.75. The van der Waals surface area contributed by atoms with Crippen LogP contribution in [0.4, 0.5) is 0 Å². The van der Waals surface area contributed by atoms with Gasteiger partial charge in [-0.3, -0.25) is 9.59 Å². The van der Waals surface area contributed by atoms with Crippen molar-refractivity contribution in [3.63, 3.8) is 0 Å². The number of fused-ring (bicyclic) bond motifs is 1. The lowest BCUT2D eigenvalue weighted by Crippen LogP contribution is -2.14. The van der Waals surface area contributed by atoms with Crippen LogP contribution >= 0.6 is 0 Å². The highest BCUT2D eigenvalue weighted by molar-refractivity contribution is 6.23. The van der Waals surface area contributed by atoms with Crippen LogP contribution in [-0.2, 0) is 0 Å². The Kier molecular flexibility index (Phi) is 2.23. The number of allylic oxidation sites excluding steroid dienone is 2.